The summed E-state index contributed by atoms with van der Waals surface area (Å²) in [5.41, 5.74) is 3.53. The van der Waals surface area contributed by atoms with E-state index in [1.807, 2.05) is 6.07 Å². The van der Waals surface area contributed by atoms with Crippen LogP contribution in [0.1, 0.15) is 38.2 Å². The monoisotopic (exact) mass is 316 g/mol. The summed E-state index contributed by atoms with van der Waals surface area (Å²) in [6.07, 6.45) is 4.50. The molecule has 0 bridgehead atoms. The van der Waals surface area contributed by atoms with Crippen molar-refractivity contribution in [3.05, 3.63) is 72.3 Å². The molecule has 3 rings (SSSR count). The minimum Gasteiger partial charge on any atom is -0.299 e. The number of carbonyl (C=O) groups is 1. The number of rotatable bonds is 7. The summed E-state index contributed by atoms with van der Waals surface area (Å²) in [7, 11) is 0. The standard InChI is InChI=1S/C23H24O/c1-2-3-5-13-21(24)17-20-16-15-18-10-8-9-14-22(18)23(20)19-11-6-4-7-12-19/h4,6-12,14-16H,2-3,5,13,17H2,1H3. The smallest absolute Gasteiger partial charge is 0.137 e. The predicted octanol–water partition coefficient (Wildman–Crippen LogP) is 6.20. The van der Waals surface area contributed by atoms with Gasteiger partial charge in [-0.1, -0.05) is 86.5 Å². The number of carbonyl (C=O) groups excluding carboxylic acids is 1. The third-order valence-corrected chi connectivity index (χ3v) is 4.52. The highest BCUT2D eigenvalue weighted by molar-refractivity contribution is 5.99. The van der Waals surface area contributed by atoms with E-state index in [2.05, 4.69) is 67.6 Å². The van der Waals surface area contributed by atoms with Crippen molar-refractivity contribution < 1.29 is 4.79 Å². The average Bonchev–Trinajstić information content (AvgIpc) is 2.62. The SMILES string of the molecule is CCCCCC(=O)Cc1ccc2ccccc2c1-c1ccccc1. The molecule has 0 aliphatic heterocycles. The van der Waals surface area contributed by atoms with E-state index in [9.17, 15) is 4.79 Å². The quantitative estimate of drug-likeness (QED) is 0.474. The molecule has 0 spiro atoms. The number of fused-ring (bicyclic) bond motifs is 1. The summed E-state index contributed by atoms with van der Waals surface area (Å²) in [6, 6.07) is 23.1. The van der Waals surface area contributed by atoms with Gasteiger partial charge in [-0.2, -0.15) is 0 Å². The molecule has 0 fully saturated rings. The molecule has 0 aliphatic rings. The molecule has 0 heterocycles. The summed E-state index contributed by atoms with van der Waals surface area (Å²) in [6.45, 7) is 2.17. The van der Waals surface area contributed by atoms with E-state index in [1.165, 1.54) is 21.9 Å². The van der Waals surface area contributed by atoms with Crippen LogP contribution in [0.4, 0.5) is 0 Å². The van der Waals surface area contributed by atoms with Crippen molar-refractivity contribution in [2.24, 2.45) is 0 Å². The molecule has 1 heteroatoms. The normalized spacial score (nSPS) is 10.9. The first kappa shape index (κ1) is 16.4. The number of ketones is 1. The zero-order valence-corrected chi connectivity index (χ0v) is 14.3. The zero-order valence-electron chi connectivity index (χ0n) is 14.3. The van der Waals surface area contributed by atoms with Crippen molar-refractivity contribution >= 4 is 16.6 Å². The Morgan fingerprint density at radius 3 is 2.38 bits per heavy atom. The Balaban J connectivity index is 2.00. The van der Waals surface area contributed by atoms with Crippen molar-refractivity contribution in [3.63, 3.8) is 0 Å². The molecular weight excluding hydrogens is 292 g/mol. The van der Waals surface area contributed by atoms with Gasteiger partial charge in [-0.3, -0.25) is 4.79 Å². The number of hydrogen-bond donors (Lipinski definition) is 0. The molecule has 122 valence electrons. The lowest BCUT2D eigenvalue weighted by Crippen LogP contribution is -2.04. The summed E-state index contributed by atoms with van der Waals surface area (Å²) in [5, 5.41) is 2.45. The first-order valence-corrected chi connectivity index (χ1v) is 8.87. The summed E-state index contributed by atoms with van der Waals surface area (Å²) < 4.78 is 0. The Morgan fingerprint density at radius 1 is 0.833 bits per heavy atom. The van der Waals surface area contributed by atoms with Crippen LogP contribution in [0.3, 0.4) is 0 Å². The van der Waals surface area contributed by atoms with Crippen molar-refractivity contribution in [3.8, 4) is 11.1 Å². The lowest BCUT2D eigenvalue weighted by Gasteiger charge is -2.13. The molecule has 3 aromatic carbocycles. The Kier molecular flexibility index (Phi) is 5.43. The number of Topliss-reactive ketones (excluding diaryl/α,β-unsaturated/α-hetero) is 1. The molecule has 0 radical (unpaired) electrons. The molecule has 0 aliphatic carbocycles. The molecule has 0 unspecified atom stereocenters. The maximum atomic E-state index is 12.4. The van der Waals surface area contributed by atoms with Crippen LogP contribution in [0.15, 0.2) is 66.7 Å². The van der Waals surface area contributed by atoms with Gasteiger partial charge in [-0.05, 0) is 33.9 Å². The zero-order chi connectivity index (χ0) is 16.8. The molecule has 0 saturated carbocycles. The topological polar surface area (TPSA) is 17.1 Å². The van der Waals surface area contributed by atoms with Gasteiger partial charge >= 0.3 is 0 Å². The molecule has 1 nitrogen and oxygen atoms in total. The molecule has 0 N–H and O–H groups in total. The number of unbranched alkanes of at least 4 members (excludes halogenated alkanes) is 2. The molecule has 0 atom stereocenters. The van der Waals surface area contributed by atoms with Gasteiger partial charge in [0.1, 0.15) is 5.78 Å². The van der Waals surface area contributed by atoms with Crippen molar-refractivity contribution in [2.75, 3.05) is 0 Å². The lowest BCUT2D eigenvalue weighted by molar-refractivity contribution is -0.118. The highest BCUT2D eigenvalue weighted by Gasteiger charge is 2.12. The van der Waals surface area contributed by atoms with Crippen LogP contribution in [0.5, 0.6) is 0 Å². The third kappa shape index (κ3) is 3.73. The average molecular weight is 316 g/mol. The van der Waals surface area contributed by atoms with Gasteiger partial charge in [-0.15, -0.1) is 0 Å². The Hall–Kier alpha value is -2.41. The van der Waals surface area contributed by atoms with E-state index in [-0.39, 0.29) is 0 Å². The summed E-state index contributed by atoms with van der Waals surface area (Å²) >= 11 is 0. The van der Waals surface area contributed by atoms with Gasteiger partial charge < -0.3 is 0 Å². The van der Waals surface area contributed by atoms with Crippen LogP contribution in [-0.4, -0.2) is 5.78 Å². The molecule has 24 heavy (non-hydrogen) atoms. The molecule has 0 amide bonds. The maximum absolute atomic E-state index is 12.4. The van der Waals surface area contributed by atoms with Crippen LogP contribution in [0.2, 0.25) is 0 Å². The molecular formula is C23H24O. The van der Waals surface area contributed by atoms with Gasteiger partial charge in [0.2, 0.25) is 0 Å². The second-order valence-corrected chi connectivity index (χ2v) is 6.36. The highest BCUT2D eigenvalue weighted by Crippen LogP contribution is 2.32. The van der Waals surface area contributed by atoms with Crippen LogP contribution in [-0.2, 0) is 11.2 Å². The van der Waals surface area contributed by atoms with E-state index in [0.717, 1.165) is 24.8 Å². The predicted molar refractivity (Wildman–Crippen MR) is 102 cm³/mol. The van der Waals surface area contributed by atoms with Crippen molar-refractivity contribution in [1.82, 2.24) is 0 Å². The molecule has 3 aromatic rings. The van der Waals surface area contributed by atoms with Crippen molar-refractivity contribution in [2.45, 2.75) is 39.0 Å². The van der Waals surface area contributed by atoms with Gasteiger partial charge in [0.15, 0.2) is 0 Å². The van der Waals surface area contributed by atoms with E-state index >= 15 is 0 Å². The molecule has 0 saturated heterocycles. The number of hydrogen-bond acceptors (Lipinski definition) is 1. The second-order valence-electron chi connectivity index (χ2n) is 6.36. The van der Waals surface area contributed by atoms with Crippen LogP contribution in [0.25, 0.3) is 21.9 Å². The largest absolute Gasteiger partial charge is 0.299 e. The summed E-state index contributed by atoms with van der Waals surface area (Å²) in [4.78, 5) is 12.4. The first-order valence-electron chi connectivity index (χ1n) is 8.87. The Bertz CT molecular complexity index is 818. The van der Waals surface area contributed by atoms with E-state index < -0.39 is 0 Å². The minimum atomic E-state index is 0.343. The van der Waals surface area contributed by atoms with Gasteiger partial charge in [0, 0.05) is 12.8 Å². The maximum Gasteiger partial charge on any atom is 0.137 e. The second kappa shape index (κ2) is 7.92. The fourth-order valence-electron chi connectivity index (χ4n) is 3.28. The highest BCUT2D eigenvalue weighted by atomic mass is 16.1. The molecule has 0 aromatic heterocycles. The van der Waals surface area contributed by atoms with Crippen LogP contribution < -0.4 is 0 Å². The Labute approximate surface area is 144 Å². The van der Waals surface area contributed by atoms with E-state index in [0.29, 0.717) is 18.6 Å². The minimum absolute atomic E-state index is 0.343. The van der Waals surface area contributed by atoms with E-state index in [4.69, 9.17) is 0 Å². The van der Waals surface area contributed by atoms with Gasteiger partial charge in [0.05, 0.1) is 0 Å². The third-order valence-electron chi connectivity index (χ3n) is 4.52. The lowest BCUT2D eigenvalue weighted by atomic mass is 9.90. The van der Waals surface area contributed by atoms with Crippen molar-refractivity contribution in [1.29, 1.82) is 0 Å². The van der Waals surface area contributed by atoms with Gasteiger partial charge in [-0.25, -0.2) is 0 Å². The van der Waals surface area contributed by atoms with Crippen LogP contribution in [0, 0.1) is 0 Å². The first-order chi connectivity index (χ1) is 11.8. The fourth-order valence-corrected chi connectivity index (χ4v) is 3.28. The fraction of sp³-hybridized carbons (Fsp3) is 0.261. The van der Waals surface area contributed by atoms with Gasteiger partial charge in [0.25, 0.3) is 0 Å². The summed E-state index contributed by atoms with van der Waals surface area (Å²) in [5.74, 6) is 0.343. The van der Waals surface area contributed by atoms with Crippen LogP contribution >= 0.6 is 0 Å². The number of benzene rings is 3. The Morgan fingerprint density at radius 2 is 1.58 bits per heavy atom. The van der Waals surface area contributed by atoms with E-state index in [1.54, 1.807) is 0 Å².